The van der Waals surface area contributed by atoms with Gasteiger partial charge in [-0.2, -0.15) is 0 Å². The Balaban J connectivity index is 2.06. The molecule has 1 aliphatic carbocycles. The molecule has 0 atom stereocenters. The average Bonchev–Trinajstić information content (AvgIpc) is 3.04. The summed E-state index contributed by atoms with van der Waals surface area (Å²) >= 11 is 1.90. The highest BCUT2D eigenvalue weighted by atomic mass is 32.1. The average molecular weight is 268 g/mol. The summed E-state index contributed by atoms with van der Waals surface area (Å²) in [6, 6.07) is 0. The Morgan fingerprint density at radius 3 is 2.67 bits per heavy atom. The molecule has 0 saturated heterocycles. The van der Waals surface area contributed by atoms with Crippen LogP contribution in [0.2, 0.25) is 0 Å². The Kier molecular flexibility index (Phi) is 4.41. The molecule has 3 nitrogen and oxygen atoms in total. The lowest BCUT2D eigenvalue weighted by Crippen LogP contribution is -2.21. The molecule has 102 valence electrons. The summed E-state index contributed by atoms with van der Waals surface area (Å²) in [5, 5.41) is 4.78. The molecule has 2 rings (SSSR count). The largest absolute Gasteiger partial charge is 0.383 e. The van der Waals surface area contributed by atoms with Crippen LogP contribution in [0.15, 0.2) is 0 Å². The number of methoxy groups -OCH3 is 1. The van der Waals surface area contributed by atoms with Crippen molar-refractivity contribution >= 4 is 11.3 Å². The molecule has 4 heteroatoms. The van der Waals surface area contributed by atoms with Crippen molar-refractivity contribution in [2.75, 3.05) is 20.3 Å². The van der Waals surface area contributed by atoms with Crippen LogP contribution < -0.4 is 5.32 Å². The van der Waals surface area contributed by atoms with Gasteiger partial charge in [0.25, 0.3) is 0 Å². The summed E-state index contributed by atoms with van der Waals surface area (Å²) in [7, 11) is 1.74. The van der Waals surface area contributed by atoms with Gasteiger partial charge >= 0.3 is 0 Å². The number of hydrogen-bond acceptors (Lipinski definition) is 4. The molecule has 0 spiro atoms. The number of aromatic nitrogens is 1. The van der Waals surface area contributed by atoms with Gasteiger partial charge < -0.3 is 10.1 Å². The van der Waals surface area contributed by atoms with Gasteiger partial charge in [0.2, 0.25) is 0 Å². The molecule has 1 fully saturated rings. The van der Waals surface area contributed by atoms with Crippen molar-refractivity contribution in [2.24, 2.45) is 0 Å². The van der Waals surface area contributed by atoms with Gasteiger partial charge in [-0.15, -0.1) is 11.3 Å². The van der Waals surface area contributed by atoms with Gasteiger partial charge in [0, 0.05) is 36.4 Å². The lowest BCUT2D eigenvalue weighted by molar-refractivity contribution is 0.199. The van der Waals surface area contributed by atoms with Gasteiger partial charge in [0.15, 0.2) is 0 Å². The predicted octanol–water partition coefficient (Wildman–Crippen LogP) is 3.05. The molecule has 1 aromatic heterocycles. The molecule has 0 aromatic carbocycles. The van der Waals surface area contributed by atoms with Gasteiger partial charge in [0.1, 0.15) is 0 Å². The maximum absolute atomic E-state index is 5.06. The van der Waals surface area contributed by atoms with Crippen LogP contribution in [0, 0.1) is 0 Å². The van der Waals surface area contributed by atoms with Gasteiger partial charge in [-0.1, -0.05) is 20.8 Å². The third kappa shape index (κ3) is 3.53. The minimum atomic E-state index is 0.141. The summed E-state index contributed by atoms with van der Waals surface area (Å²) in [5.41, 5.74) is 1.42. The van der Waals surface area contributed by atoms with Gasteiger partial charge in [-0.3, -0.25) is 0 Å². The number of hydrogen-bond donors (Lipinski definition) is 1. The first-order valence-electron chi connectivity index (χ1n) is 6.72. The molecule has 1 saturated carbocycles. The fraction of sp³-hybridized carbons (Fsp3) is 0.786. The third-order valence-corrected chi connectivity index (χ3v) is 4.34. The number of rotatable bonds is 6. The highest BCUT2D eigenvalue weighted by Crippen LogP contribution is 2.44. The maximum atomic E-state index is 5.06. The molecule has 0 amide bonds. The van der Waals surface area contributed by atoms with Crippen LogP contribution in [0.1, 0.15) is 55.1 Å². The Bertz CT molecular complexity index is 391. The molecule has 1 N–H and O–H groups in total. The minimum absolute atomic E-state index is 0.141. The Labute approximate surface area is 114 Å². The van der Waals surface area contributed by atoms with E-state index < -0.39 is 0 Å². The smallest absolute Gasteiger partial charge is 0.0962 e. The van der Waals surface area contributed by atoms with Crippen LogP contribution in [0.5, 0.6) is 0 Å². The zero-order valence-corrected chi connectivity index (χ0v) is 12.7. The van der Waals surface area contributed by atoms with E-state index in [-0.39, 0.29) is 5.41 Å². The second kappa shape index (κ2) is 5.68. The van der Waals surface area contributed by atoms with E-state index in [2.05, 4.69) is 26.1 Å². The first-order chi connectivity index (χ1) is 8.52. The predicted molar refractivity (Wildman–Crippen MR) is 76.4 cm³/mol. The third-order valence-electron chi connectivity index (χ3n) is 3.12. The maximum Gasteiger partial charge on any atom is 0.0962 e. The molecule has 0 aliphatic heterocycles. The second-order valence-corrected chi connectivity index (χ2v) is 7.13. The molecule has 0 unspecified atom stereocenters. The van der Waals surface area contributed by atoms with E-state index in [1.54, 1.807) is 7.11 Å². The van der Waals surface area contributed by atoms with Crippen molar-refractivity contribution in [3.8, 4) is 0 Å². The number of ether oxygens (including phenoxy) is 1. The van der Waals surface area contributed by atoms with Crippen molar-refractivity contribution in [1.29, 1.82) is 0 Å². The van der Waals surface area contributed by atoms with Gasteiger partial charge in [-0.05, 0) is 12.8 Å². The second-order valence-electron chi connectivity index (χ2n) is 6.02. The van der Waals surface area contributed by atoms with E-state index in [0.717, 1.165) is 25.6 Å². The van der Waals surface area contributed by atoms with Crippen LogP contribution in [0.3, 0.4) is 0 Å². The van der Waals surface area contributed by atoms with Gasteiger partial charge in [-0.25, -0.2) is 4.98 Å². The molecule has 1 aromatic rings. The van der Waals surface area contributed by atoms with E-state index >= 15 is 0 Å². The SMILES string of the molecule is COCCNCc1sc(C2CC2)nc1C(C)(C)C. The lowest BCUT2D eigenvalue weighted by atomic mass is 9.91. The van der Waals surface area contributed by atoms with Crippen molar-refractivity contribution < 1.29 is 4.74 Å². The van der Waals surface area contributed by atoms with E-state index in [9.17, 15) is 0 Å². The summed E-state index contributed by atoms with van der Waals surface area (Å²) < 4.78 is 5.06. The molecular weight excluding hydrogens is 244 g/mol. The normalized spacial score (nSPS) is 16.2. The van der Waals surface area contributed by atoms with Crippen LogP contribution >= 0.6 is 11.3 Å². The fourth-order valence-corrected chi connectivity index (χ4v) is 3.37. The van der Waals surface area contributed by atoms with E-state index in [1.807, 2.05) is 11.3 Å². The van der Waals surface area contributed by atoms with Crippen LogP contribution in [-0.4, -0.2) is 25.2 Å². The van der Waals surface area contributed by atoms with E-state index in [4.69, 9.17) is 9.72 Å². The van der Waals surface area contributed by atoms with E-state index in [0.29, 0.717) is 0 Å². The van der Waals surface area contributed by atoms with Crippen molar-refractivity contribution in [3.05, 3.63) is 15.6 Å². The van der Waals surface area contributed by atoms with Crippen LogP contribution in [0.25, 0.3) is 0 Å². The molecule has 0 bridgehead atoms. The van der Waals surface area contributed by atoms with Crippen molar-refractivity contribution in [3.63, 3.8) is 0 Å². The zero-order chi connectivity index (χ0) is 13.2. The summed E-state index contributed by atoms with van der Waals surface area (Å²) in [6.07, 6.45) is 2.65. The Morgan fingerprint density at radius 2 is 2.11 bits per heavy atom. The van der Waals surface area contributed by atoms with Crippen molar-refractivity contribution in [2.45, 2.75) is 51.5 Å². The highest BCUT2D eigenvalue weighted by Gasteiger charge is 2.30. The zero-order valence-electron chi connectivity index (χ0n) is 11.9. The fourth-order valence-electron chi connectivity index (χ4n) is 1.96. The first-order valence-corrected chi connectivity index (χ1v) is 7.53. The van der Waals surface area contributed by atoms with E-state index in [1.165, 1.54) is 28.4 Å². The molecular formula is C14H24N2OS. The Morgan fingerprint density at radius 1 is 1.39 bits per heavy atom. The molecule has 18 heavy (non-hydrogen) atoms. The summed E-state index contributed by atoms with van der Waals surface area (Å²) in [4.78, 5) is 6.29. The minimum Gasteiger partial charge on any atom is -0.383 e. The molecule has 0 radical (unpaired) electrons. The number of thiazole rings is 1. The Hall–Kier alpha value is -0.450. The van der Waals surface area contributed by atoms with Crippen LogP contribution in [-0.2, 0) is 16.7 Å². The number of nitrogens with zero attached hydrogens (tertiary/aromatic N) is 1. The van der Waals surface area contributed by atoms with Crippen LogP contribution in [0.4, 0.5) is 0 Å². The van der Waals surface area contributed by atoms with Gasteiger partial charge in [0.05, 0.1) is 17.3 Å². The first kappa shape index (κ1) is 14.0. The topological polar surface area (TPSA) is 34.1 Å². The highest BCUT2D eigenvalue weighted by molar-refractivity contribution is 7.11. The molecule has 1 aliphatic rings. The number of nitrogens with one attached hydrogen (secondary N) is 1. The lowest BCUT2D eigenvalue weighted by Gasteiger charge is -2.17. The molecule has 1 heterocycles. The summed E-state index contributed by atoms with van der Waals surface area (Å²) in [5.74, 6) is 0.754. The quantitative estimate of drug-likeness (QED) is 0.805. The standard InChI is InChI=1S/C14H24N2OS/c1-14(2,3)12-11(9-15-7-8-17-4)18-13(16-12)10-5-6-10/h10,15H,5-9H2,1-4H3. The van der Waals surface area contributed by atoms with Crippen molar-refractivity contribution in [1.82, 2.24) is 10.3 Å². The summed E-state index contributed by atoms with van der Waals surface area (Å²) in [6.45, 7) is 9.32. The monoisotopic (exact) mass is 268 g/mol.